The van der Waals surface area contributed by atoms with Gasteiger partial charge in [0.05, 0.1) is 0 Å². The maximum Gasteiger partial charge on any atom is 0.295 e. The Labute approximate surface area is 108 Å². The van der Waals surface area contributed by atoms with Crippen LogP contribution >= 0.6 is 23.2 Å². The summed E-state index contributed by atoms with van der Waals surface area (Å²) < 4.78 is 0. The molecule has 0 spiro atoms. The van der Waals surface area contributed by atoms with Gasteiger partial charge in [-0.1, -0.05) is 0 Å². The van der Waals surface area contributed by atoms with Crippen molar-refractivity contribution in [1.29, 1.82) is 0 Å². The van der Waals surface area contributed by atoms with Crippen LogP contribution in [0.2, 0.25) is 0 Å². The lowest BCUT2D eigenvalue weighted by molar-refractivity contribution is -0.566. The highest BCUT2D eigenvalue weighted by Crippen LogP contribution is 2.52. The highest BCUT2D eigenvalue weighted by Gasteiger charge is 2.58. The molecule has 0 aromatic heterocycles. The highest BCUT2D eigenvalue weighted by molar-refractivity contribution is 6.23. The van der Waals surface area contributed by atoms with Gasteiger partial charge in [-0.3, -0.25) is 20.2 Å². The van der Waals surface area contributed by atoms with Crippen molar-refractivity contribution in [2.24, 2.45) is 11.8 Å². The minimum absolute atomic E-state index is 0.131. The number of alkyl halides is 2. The van der Waals surface area contributed by atoms with E-state index in [0.29, 0.717) is 0 Å². The van der Waals surface area contributed by atoms with Gasteiger partial charge in [-0.15, -0.1) is 0 Å². The molecule has 0 aliphatic heterocycles. The minimum atomic E-state index is -1.46. The van der Waals surface area contributed by atoms with Gasteiger partial charge in [0.25, 0.3) is 10.00 Å². The molecule has 0 unspecified atom stereocenters. The molecule has 0 aromatic rings. The molecule has 2 rings (SSSR count). The van der Waals surface area contributed by atoms with Crippen LogP contribution in [-0.4, -0.2) is 19.8 Å². The van der Waals surface area contributed by atoms with E-state index in [2.05, 4.69) is 0 Å². The topological polar surface area (TPSA) is 86.3 Å². The van der Waals surface area contributed by atoms with Crippen LogP contribution in [0.3, 0.4) is 0 Å². The van der Waals surface area contributed by atoms with Crippen LogP contribution in [0.1, 0.15) is 32.1 Å². The van der Waals surface area contributed by atoms with Gasteiger partial charge < -0.3 is 0 Å². The summed E-state index contributed by atoms with van der Waals surface area (Å²) in [4.78, 5) is 18.0. The van der Waals surface area contributed by atoms with Crippen molar-refractivity contribution in [3.8, 4) is 0 Å². The second kappa shape index (κ2) is 3.95. The Morgan fingerprint density at radius 3 is 1.41 bits per heavy atom. The van der Waals surface area contributed by atoms with Crippen molar-refractivity contribution in [2.45, 2.75) is 42.1 Å². The fourth-order valence-electron chi connectivity index (χ4n) is 3.18. The van der Waals surface area contributed by atoms with Gasteiger partial charge in [-0.2, -0.15) is 0 Å². The molecule has 6 nitrogen and oxygen atoms in total. The monoisotopic (exact) mass is 282 g/mol. The zero-order chi connectivity index (χ0) is 12.8. The largest absolute Gasteiger partial charge is 0.295 e. The average molecular weight is 283 g/mol. The third kappa shape index (κ3) is 2.20. The van der Waals surface area contributed by atoms with Crippen LogP contribution in [-0.2, 0) is 0 Å². The summed E-state index contributed by atoms with van der Waals surface area (Å²) in [6.45, 7) is 0. The van der Waals surface area contributed by atoms with Crippen LogP contribution in [0, 0.1) is 32.1 Å². The lowest BCUT2D eigenvalue weighted by Gasteiger charge is -2.41. The maximum absolute atomic E-state index is 10.9. The lowest BCUT2D eigenvalue weighted by Crippen LogP contribution is -2.50. The molecule has 96 valence electrons. The highest BCUT2D eigenvalue weighted by atomic mass is 35.5. The lowest BCUT2D eigenvalue weighted by atomic mass is 9.68. The first kappa shape index (κ1) is 12.8. The zero-order valence-electron chi connectivity index (χ0n) is 8.97. The van der Waals surface area contributed by atoms with E-state index in [1.54, 1.807) is 0 Å². The Bertz CT molecular complexity index is 330. The molecule has 8 heteroatoms. The van der Waals surface area contributed by atoms with E-state index in [1.807, 2.05) is 0 Å². The molecule has 2 aliphatic carbocycles. The molecule has 0 amide bonds. The minimum Gasteiger partial charge on any atom is -0.263 e. The fraction of sp³-hybridized carbons (Fsp3) is 1.00. The van der Waals surface area contributed by atoms with Crippen molar-refractivity contribution in [2.75, 3.05) is 0 Å². The first-order valence-electron chi connectivity index (χ1n) is 5.42. The molecule has 2 fully saturated rings. The Hall–Kier alpha value is -0.620. The average Bonchev–Trinajstić information content (AvgIpc) is 2.14. The second-order valence-corrected chi connectivity index (χ2v) is 6.54. The van der Waals surface area contributed by atoms with Crippen LogP contribution in [0.4, 0.5) is 0 Å². The maximum atomic E-state index is 10.9. The van der Waals surface area contributed by atoms with Gasteiger partial charge in [0.1, 0.15) is 0 Å². The predicted molar refractivity (Wildman–Crippen MR) is 61.2 cm³/mol. The summed E-state index contributed by atoms with van der Waals surface area (Å²) in [6.07, 6.45) is 1.42. The Kier molecular flexibility index (Phi) is 2.98. The van der Waals surface area contributed by atoms with Gasteiger partial charge in [0.2, 0.25) is 0 Å². The molecule has 0 N–H and O–H groups in total. The first-order chi connectivity index (χ1) is 7.75. The van der Waals surface area contributed by atoms with Gasteiger partial charge >= 0.3 is 0 Å². The third-order valence-corrected chi connectivity index (χ3v) is 4.62. The van der Waals surface area contributed by atoms with Crippen molar-refractivity contribution < 1.29 is 9.85 Å². The van der Waals surface area contributed by atoms with Crippen LogP contribution in [0.5, 0.6) is 0 Å². The molecule has 2 aliphatic rings. The smallest absolute Gasteiger partial charge is 0.263 e. The number of halogens is 2. The number of nitrogens with zero attached hydrogens (tertiary/aromatic N) is 2. The SMILES string of the molecule is O=[N+]([O-])C1(Cl)CC2CC(C1)CC(Cl)([N+](=O)[O-])C2. The van der Waals surface area contributed by atoms with Gasteiger partial charge in [-0.05, 0) is 41.5 Å². The van der Waals surface area contributed by atoms with E-state index in [-0.39, 0.29) is 37.5 Å². The zero-order valence-corrected chi connectivity index (χ0v) is 10.5. The summed E-state index contributed by atoms with van der Waals surface area (Å²) in [5, 5.41) is 21.8. The number of hydrogen-bond donors (Lipinski definition) is 0. The summed E-state index contributed by atoms with van der Waals surface area (Å²) in [7, 11) is 0. The predicted octanol–water partition coefficient (Wildman–Crippen LogP) is 2.62. The summed E-state index contributed by atoms with van der Waals surface area (Å²) >= 11 is 11.9. The van der Waals surface area contributed by atoms with E-state index in [1.165, 1.54) is 0 Å². The van der Waals surface area contributed by atoms with Crippen molar-refractivity contribution in [1.82, 2.24) is 0 Å². The van der Waals surface area contributed by atoms with Crippen molar-refractivity contribution in [3.63, 3.8) is 0 Å². The Balaban J connectivity index is 2.18. The molecule has 2 bridgehead atoms. The molecule has 0 atom stereocenters. The van der Waals surface area contributed by atoms with E-state index >= 15 is 0 Å². The molecular weight excluding hydrogens is 271 g/mol. The molecule has 0 aromatic carbocycles. The Morgan fingerprint density at radius 2 is 1.18 bits per heavy atom. The van der Waals surface area contributed by atoms with Crippen LogP contribution < -0.4 is 0 Å². The van der Waals surface area contributed by atoms with Gasteiger partial charge in [0.15, 0.2) is 0 Å². The van der Waals surface area contributed by atoms with Crippen LogP contribution in [0.25, 0.3) is 0 Å². The molecule has 2 saturated carbocycles. The van der Waals surface area contributed by atoms with Crippen molar-refractivity contribution >= 4 is 23.2 Å². The summed E-state index contributed by atoms with van der Waals surface area (Å²) in [5.41, 5.74) is 0. The third-order valence-electron chi connectivity index (χ3n) is 3.73. The molecule has 0 heterocycles. The van der Waals surface area contributed by atoms with E-state index in [0.717, 1.165) is 6.42 Å². The normalized spacial score (nSPS) is 45.3. The van der Waals surface area contributed by atoms with Gasteiger partial charge in [0, 0.05) is 35.5 Å². The second-order valence-electron chi connectivity index (χ2n) is 5.13. The molecular formula is C9H12Cl2N2O4. The standard InChI is InChI=1S/C9H12Cl2N2O4/c10-8(12(14)15)2-6-1-7(4-8)5-9(11,3-6)13(16)17/h6-7H,1-5H2. The Morgan fingerprint density at radius 1 is 0.882 bits per heavy atom. The van der Waals surface area contributed by atoms with Gasteiger partial charge in [-0.25, -0.2) is 0 Å². The molecule has 0 radical (unpaired) electrons. The van der Waals surface area contributed by atoms with Crippen LogP contribution in [0.15, 0.2) is 0 Å². The van der Waals surface area contributed by atoms with E-state index in [9.17, 15) is 20.2 Å². The number of hydrogen-bond acceptors (Lipinski definition) is 4. The number of nitro groups is 2. The van der Waals surface area contributed by atoms with Crippen molar-refractivity contribution in [3.05, 3.63) is 20.2 Å². The quantitative estimate of drug-likeness (QED) is 0.337. The summed E-state index contributed by atoms with van der Waals surface area (Å²) in [5.74, 6) is -0.262. The number of rotatable bonds is 2. The fourth-order valence-corrected chi connectivity index (χ4v) is 4.06. The number of fused-ring (bicyclic) bond motifs is 2. The summed E-state index contributed by atoms with van der Waals surface area (Å²) in [6, 6.07) is 0. The molecule has 17 heavy (non-hydrogen) atoms. The molecule has 0 saturated heterocycles. The van der Waals surface area contributed by atoms with E-state index in [4.69, 9.17) is 23.2 Å². The van der Waals surface area contributed by atoms with E-state index < -0.39 is 19.8 Å². The first-order valence-corrected chi connectivity index (χ1v) is 6.18.